The second-order valence-corrected chi connectivity index (χ2v) is 7.91. The smallest absolute Gasteiger partial charge is 0.216 e. The molecule has 9 nitrogen and oxygen atoms in total. The number of ether oxygens (including phenoxy) is 1. The summed E-state index contributed by atoms with van der Waals surface area (Å²) in [7, 11) is 0. The molecule has 2 aromatic heterocycles. The Labute approximate surface area is 201 Å². The van der Waals surface area contributed by atoms with Crippen LogP contribution in [0.1, 0.15) is 33.0 Å². The summed E-state index contributed by atoms with van der Waals surface area (Å²) in [6.45, 7) is 12.5. The van der Waals surface area contributed by atoms with Crippen LogP contribution in [0.2, 0.25) is 0 Å². The van der Waals surface area contributed by atoms with Gasteiger partial charge in [0.15, 0.2) is 11.7 Å². The molecule has 1 saturated heterocycles. The second-order valence-electron chi connectivity index (χ2n) is 7.91. The van der Waals surface area contributed by atoms with Crippen molar-refractivity contribution in [3.05, 3.63) is 24.2 Å². The molecule has 31 heavy (non-hydrogen) atoms. The van der Waals surface area contributed by atoms with Crippen molar-refractivity contribution in [2.24, 2.45) is 10.9 Å². The normalized spacial score (nSPS) is 16.2. The van der Waals surface area contributed by atoms with Crippen molar-refractivity contribution in [3.8, 4) is 11.6 Å². The number of H-pyrrole nitrogens is 1. The van der Waals surface area contributed by atoms with Crippen molar-refractivity contribution in [1.82, 2.24) is 30.7 Å². The Balaban J connectivity index is 0.00000341. The van der Waals surface area contributed by atoms with Gasteiger partial charge in [-0.05, 0) is 31.4 Å². The van der Waals surface area contributed by atoms with Gasteiger partial charge in [-0.2, -0.15) is 5.10 Å². The Morgan fingerprint density at radius 1 is 1.29 bits per heavy atom. The maximum absolute atomic E-state index is 5.52. The van der Waals surface area contributed by atoms with Crippen LogP contribution in [0.3, 0.4) is 0 Å². The van der Waals surface area contributed by atoms with Crippen LogP contribution in [-0.2, 0) is 11.2 Å². The highest BCUT2D eigenvalue weighted by Crippen LogP contribution is 2.15. The van der Waals surface area contributed by atoms with E-state index in [9.17, 15) is 0 Å². The number of halogens is 1. The second kappa shape index (κ2) is 13.7. The van der Waals surface area contributed by atoms with Crippen molar-refractivity contribution in [2.75, 3.05) is 45.9 Å². The van der Waals surface area contributed by atoms with Gasteiger partial charge in [-0.1, -0.05) is 13.8 Å². The van der Waals surface area contributed by atoms with E-state index in [2.05, 4.69) is 51.5 Å². The summed E-state index contributed by atoms with van der Waals surface area (Å²) in [5.41, 5.74) is 0. The molecular weight excluding hydrogens is 509 g/mol. The molecule has 0 aromatic carbocycles. The number of aromatic amines is 1. The molecule has 0 aliphatic carbocycles. The third-order valence-corrected chi connectivity index (χ3v) is 5.04. The van der Waals surface area contributed by atoms with Crippen LogP contribution in [0.4, 0.5) is 0 Å². The van der Waals surface area contributed by atoms with E-state index in [1.54, 1.807) is 6.26 Å². The molecule has 1 fully saturated rings. The van der Waals surface area contributed by atoms with Crippen LogP contribution >= 0.6 is 24.0 Å². The fourth-order valence-corrected chi connectivity index (χ4v) is 3.59. The predicted molar refractivity (Wildman–Crippen MR) is 133 cm³/mol. The molecule has 1 aliphatic heterocycles. The van der Waals surface area contributed by atoms with Gasteiger partial charge < -0.3 is 19.8 Å². The van der Waals surface area contributed by atoms with Crippen LogP contribution in [0.5, 0.6) is 0 Å². The Bertz CT molecular complexity index is 758. The highest BCUT2D eigenvalue weighted by atomic mass is 127. The maximum Gasteiger partial charge on any atom is 0.216 e. The average molecular weight is 545 g/mol. The first kappa shape index (κ1) is 25.6. The number of furan rings is 1. The van der Waals surface area contributed by atoms with E-state index < -0.39 is 0 Å². The number of aromatic nitrogens is 3. The lowest BCUT2D eigenvalue weighted by Crippen LogP contribution is -2.46. The zero-order valence-corrected chi connectivity index (χ0v) is 21.1. The molecule has 0 amide bonds. The van der Waals surface area contributed by atoms with Crippen molar-refractivity contribution in [1.29, 1.82) is 0 Å². The number of rotatable bonds is 10. The largest absolute Gasteiger partial charge is 0.461 e. The number of guanidine groups is 1. The van der Waals surface area contributed by atoms with Crippen LogP contribution in [0, 0.1) is 5.92 Å². The van der Waals surface area contributed by atoms with Gasteiger partial charge >= 0.3 is 0 Å². The summed E-state index contributed by atoms with van der Waals surface area (Å²) in [5.74, 6) is 3.54. The summed E-state index contributed by atoms with van der Waals surface area (Å²) in [6.07, 6.45) is 3.48. The van der Waals surface area contributed by atoms with E-state index in [1.807, 2.05) is 12.1 Å². The molecule has 3 heterocycles. The van der Waals surface area contributed by atoms with Crippen LogP contribution in [0.15, 0.2) is 27.8 Å². The molecule has 3 N–H and O–H groups in total. The molecule has 0 spiro atoms. The zero-order chi connectivity index (χ0) is 21.2. The lowest BCUT2D eigenvalue weighted by Gasteiger charge is -2.34. The first-order valence-electron chi connectivity index (χ1n) is 10.9. The number of aliphatic imine (C=N–C) groups is 1. The Morgan fingerprint density at radius 3 is 2.77 bits per heavy atom. The minimum Gasteiger partial charge on any atom is -0.461 e. The zero-order valence-electron chi connectivity index (χ0n) is 18.8. The highest BCUT2D eigenvalue weighted by molar-refractivity contribution is 14.0. The predicted octanol–water partition coefficient (Wildman–Crippen LogP) is 2.53. The number of hydrogen-bond donors (Lipinski definition) is 3. The SMILES string of the molecule is CCNC(=NCC(CC(C)C)N1CCOCC1)NCCc1nc(-c2ccco2)n[nH]1.I. The minimum atomic E-state index is 0. The lowest BCUT2D eigenvalue weighted by atomic mass is 10.0. The molecule has 0 saturated carbocycles. The fourth-order valence-electron chi connectivity index (χ4n) is 3.59. The van der Waals surface area contributed by atoms with Crippen molar-refractivity contribution in [3.63, 3.8) is 0 Å². The van der Waals surface area contributed by atoms with E-state index in [0.29, 0.717) is 30.1 Å². The molecule has 10 heteroatoms. The van der Waals surface area contributed by atoms with E-state index in [4.69, 9.17) is 14.1 Å². The van der Waals surface area contributed by atoms with Crippen molar-refractivity contribution >= 4 is 29.9 Å². The Hall–Kier alpha value is -1.66. The van der Waals surface area contributed by atoms with Gasteiger partial charge in [-0.3, -0.25) is 15.0 Å². The van der Waals surface area contributed by atoms with E-state index in [0.717, 1.165) is 64.0 Å². The lowest BCUT2D eigenvalue weighted by molar-refractivity contribution is 0.0143. The first-order chi connectivity index (χ1) is 14.7. The van der Waals surface area contributed by atoms with Gasteiger partial charge in [0.1, 0.15) is 5.82 Å². The first-order valence-corrected chi connectivity index (χ1v) is 10.9. The molecule has 2 aromatic rings. The molecule has 1 aliphatic rings. The highest BCUT2D eigenvalue weighted by Gasteiger charge is 2.21. The quantitative estimate of drug-likeness (QED) is 0.240. The van der Waals surface area contributed by atoms with Gasteiger partial charge in [-0.25, -0.2) is 4.98 Å². The molecular formula is C21H36IN7O2. The van der Waals surface area contributed by atoms with Crippen molar-refractivity contribution < 1.29 is 9.15 Å². The minimum absolute atomic E-state index is 0. The van der Waals surface area contributed by atoms with Crippen LogP contribution in [0.25, 0.3) is 11.6 Å². The van der Waals surface area contributed by atoms with Crippen LogP contribution < -0.4 is 10.6 Å². The monoisotopic (exact) mass is 545 g/mol. The number of hydrogen-bond acceptors (Lipinski definition) is 6. The molecule has 3 rings (SSSR count). The van der Waals surface area contributed by atoms with E-state index >= 15 is 0 Å². The molecule has 1 atom stereocenters. The number of nitrogens with one attached hydrogen (secondary N) is 3. The summed E-state index contributed by atoms with van der Waals surface area (Å²) in [6, 6.07) is 4.12. The van der Waals surface area contributed by atoms with Gasteiger partial charge in [0.05, 0.1) is 26.0 Å². The molecule has 1 unspecified atom stereocenters. The molecule has 174 valence electrons. The van der Waals surface area contributed by atoms with Gasteiger partial charge in [0.2, 0.25) is 5.82 Å². The summed E-state index contributed by atoms with van der Waals surface area (Å²) >= 11 is 0. The Kier molecular flexibility index (Phi) is 11.3. The fraction of sp³-hybridized carbons (Fsp3) is 0.667. The van der Waals surface area contributed by atoms with E-state index in [-0.39, 0.29) is 24.0 Å². The van der Waals surface area contributed by atoms with Crippen LogP contribution in [-0.4, -0.2) is 78.0 Å². The number of nitrogens with zero attached hydrogens (tertiary/aromatic N) is 4. The van der Waals surface area contributed by atoms with Gasteiger partial charge in [0, 0.05) is 38.6 Å². The Morgan fingerprint density at radius 2 is 2.10 bits per heavy atom. The number of morpholine rings is 1. The summed E-state index contributed by atoms with van der Waals surface area (Å²) < 4.78 is 10.9. The molecule has 0 bridgehead atoms. The average Bonchev–Trinajstić information content (AvgIpc) is 3.43. The third-order valence-electron chi connectivity index (χ3n) is 5.04. The summed E-state index contributed by atoms with van der Waals surface area (Å²) in [4.78, 5) is 11.9. The third kappa shape index (κ3) is 8.41. The van der Waals surface area contributed by atoms with Gasteiger partial charge in [-0.15, -0.1) is 24.0 Å². The van der Waals surface area contributed by atoms with Gasteiger partial charge in [0.25, 0.3) is 0 Å². The summed E-state index contributed by atoms with van der Waals surface area (Å²) in [5, 5.41) is 13.9. The maximum atomic E-state index is 5.52. The standard InChI is InChI=1S/C21H35N7O2.HI/c1-4-22-21(24-15-17(14-16(2)3)28-9-12-29-13-10-28)23-8-7-19-25-20(27-26-19)18-6-5-11-30-18;/h5-6,11,16-17H,4,7-10,12-15H2,1-3H3,(H2,22,23,24)(H,25,26,27);1H. The van der Waals surface area contributed by atoms with Crippen molar-refractivity contribution in [2.45, 2.75) is 39.7 Å². The molecule has 0 radical (unpaired) electrons. The topological polar surface area (TPSA) is 104 Å². The van der Waals surface area contributed by atoms with E-state index in [1.165, 1.54) is 0 Å².